The molecule has 1 aliphatic rings. The molecule has 158 valence electrons. The van der Waals surface area contributed by atoms with E-state index in [1.807, 2.05) is 0 Å². The number of imide groups is 1. The molecule has 0 spiro atoms. The van der Waals surface area contributed by atoms with Crippen LogP contribution in [0.3, 0.4) is 0 Å². The first-order valence-electron chi connectivity index (χ1n) is 9.39. The minimum Gasteiger partial charge on any atom is -0.493 e. The fourth-order valence-electron chi connectivity index (χ4n) is 3.43. The Balaban J connectivity index is 1.65. The van der Waals surface area contributed by atoms with Gasteiger partial charge in [-0.2, -0.15) is 0 Å². The van der Waals surface area contributed by atoms with Crippen LogP contribution in [-0.2, 0) is 11.3 Å². The molecule has 0 radical (unpaired) electrons. The molecule has 0 atom stereocenters. The van der Waals surface area contributed by atoms with Crippen LogP contribution in [0.2, 0.25) is 0 Å². The molecule has 8 heteroatoms. The van der Waals surface area contributed by atoms with Crippen LogP contribution in [0.4, 0.5) is 0 Å². The highest BCUT2D eigenvalue weighted by molar-refractivity contribution is 6.21. The normalized spacial score (nSPS) is 12.6. The van der Waals surface area contributed by atoms with Gasteiger partial charge in [0.15, 0.2) is 11.5 Å². The van der Waals surface area contributed by atoms with Crippen molar-refractivity contribution in [3.8, 4) is 17.2 Å². The second kappa shape index (κ2) is 8.86. The summed E-state index contributed by atoms with van der Waals surface area (Å²) in [6, 6.07) is 10.2. The van der Waals surface area contributed by atoms with Gasteiger partial charge in [0.25, 0.3) is 11.8 Å². The highest BCUT2D eigenvalue weighted by Crippen LogP contribution is 2.38. The van der Waals surface area contributed by atoms with Crippen LogP contribution < -0.4 is 14.2 Å². The SMILES string of the molecule is COc1cc(CN(C)C(=O)CCN2C(=O)c3ccccc3C2=O)cc(OC)c1OC. The van der Waals surface area contributed by atoms with Gasteiger partial charge >= 0.3 is 0 Å². The third-order valence-corrected chi connectivity index (χ3v) is 5.00. The van der Waals surface area contributed by atoms with Gasteiger partial charge in [0.1, 0.15) is 0 Å². The summed E-state index contributed by atoms with van der Waals surface area (Å²) in [6.07, 6.45) is 0.0341. The van der Waals surface area contributed by atoms with Crippen LogP contribution in [0.1, 0.15) is 32.7 Å². The molecule has 0 fully saturated rings. The fraction of sp³-hybridized carbons (Fsp3) is 0.318. The van der Waals surface area contributed by atoms with Crippen molar-refractivity contribution < 1.29 is 28.6 Å². The van der Waals surface area contributed by atoms with Crippen LogP contribution in [0.5, 0.6) is 17.2 Å². The lowest BCUT2D eigenvalue weighted by Crippen LogP contribution is -2.35. The average Bonchev–Trinajstić information content (AvgIpc) is 3.01. The molecule has 0 bridgehead atoms. The first-order valence-corrected chi connectivity index (χ1v) is 9.39. The van der Waals surface area contributed by atoms with Crippen LogP contribution in [-0.4, -0.2) is 62.4 Å². The standard InChI is InChI=1S/C22H24N2O6/c1-23(13-14-11-17(28-2)20(30-4)18(12-14)29-3)19(25)9-10-24-21(26)15-7-5-6-8-16(15)22(24)27/h5-8,11-12H,9-10,13H2,1-4H3. The molecule has 2 aromatic carbocycles. The number of carbonyl (C=O) groups excluding carboxylic acids is 3. The van der Waals surface area contributed by atoms with Gasteiger partial charge in [-0.25, -0.2) is 0 Å². The van der Waals surface area contributed by atoms with E-state index in [-0.39, 0.29) is 30.7 Å². The lowest BCUT2D eigenvalue weighted by atomic mass is 10.1. The zero-order chi connectivity index (χ0) is 21.8. The number of amides is 3. The van der Waals surface area contributed by atoms with E-state index < -0.39 is 0 Å². The van der Waals surface area contributed by atoms with E-state index in [1.165, 1.54) is 26.2 Å². The number of benzene rings is 2. The van der Waals surface area contributed by atoms with Gasteiger partial charge < -0.3 is 19.1 Å². The number of nitrogens with zero attached hydrogens (tertiary/aromatic N) is 2. The Morgan fingerprint density at radius 1 is 0.933 bits per heavy atom. The number of ether oxygens (including phenoxy) is 3. The first-order chi connectivity index (χ1) is 14.4. The van der Waals surface area contributed by atoms with Crippen molar-refractivity contribution in [1.82, 2.24) is 9.80 Å². The predicted molar refractivity (Wildman–Crippen MR) is 109 cm³/mol. The third kappa shape index (κ3) is 3.94. The molecule has 8 nitrogen and oxygen atoms in total. The number of hydrogen-bond donors (Lipinski definition) is 0. The summed E-state index contributed by atoms with van der Waals surface area (Å²) >= 11 is 0. The minimum atomic E-state index is -0.365. The second-order valence-corrected chi connectivity index (χ2v) is 6.84. The minimum absolute atomic E-state index is 0.0325. The molecule has 0 saturated heterocycles. The summed E-state index contributed by atoms with van der Waals surface area (Å²) in [6.45, 7) is 0.336. The lowest BCUT2D eigenvalue weighted by molar-refractivity contribution is -0.130. The van der Waals surface area contributed by atoms with Gasteiger partial charge in [-0.3, -0.25) is 19.3 Å². The smallest absolute Gasteiger partial charge is 0.261 e. The summed E-state index contributed by atoms with van der Waals surface area (Å²) in [5, 5.41) is 0. The zero-order valence-corrected chi connectivity index (χ0v) is 17.4. The summed E-state index contributed by atoms with van der Waals surface area (Å²) in [7, 11) is 6.23. The van der Waals surface area contributed by atoms with Crippen molar-refractivity contribution in [3.05, 3.63) is 53.1 Å². The van der Waals surface area contributed by atoms with E-state index in [4.69, 9.17) is 14.2 Å². The molecule has 3 amide bonds. The Hall–Kier alpha value is -3.55. The monoisotopic (exact) mass is 412 g/mol. The van der Waals surface area contributed by atoms with E-state index in [0.717, 1.165) is 10.5 Å². The highest BCUT2D eigenvalue weighted by atomic mass is 16.5. The van der Waals surface area contributed by atoms with Crippen molar-refractivity contribution in [1.29, 1.82) is 0 Å². The van der Waals surface area contributed by atoms with Crippen molar-refractivity contribution in [3.63, 3.8) is 0 Å². The maximum absolute atomic E-state index is 12.6. The zero-order valence-electron chi connectivity index (χ0n) is 17.4. The largest absolute Gasteiger partial charge is 0.493 e. The van der Waals surface area contributed by atoms with E-state index in [9.17, 15) is 14.4 Å². The predicted octanol–water partition coefficient (Wildman–Crippen LogP) is 2.36. The molecule has 1 aliphatic heterocycles. The molecule has 2 aromatic rings. The van der Waals surface area contributed by atoms with Gasteiger partial charge in [-0.05, 0) is 29.8 Å². The second-order valence-electron chi connectivity index (χ2n) is 6.84. The van der Waals surface area contributed by atoms with Crippen LogP contribution in [0, 0.1) is 0 Å². The Morgan fingerprint density at radius 2 is 1.47 bits per heavy atom. The van der Waals surface area contributed by atoms with E-state index in [2.05, 4.69) is 0 Å². The van der Waals surface area contributed by atoms with Crippen molar-refractivity contribution in [2.24, 2.45) is 0 Å². The van der Waals surface area contributed by atoms with Gasteiger partial charge in [0.2, 0.25) is 11.7 Å². The highest BCUT2D eigenvalue weighted by Gasteiger charge is 2.35. The Kier molecular flexibility index (Phi) is 6.25. The molecule has 0 aliphatic carbocycles. The Morgan fingerprint density at radius 3 is 1.93 bits per heavy atom. The summed E-state index contributed by atoms with van der Waals surface area (Å²) < 4.78 is 16.0. The number of carbonyl (C=O) groups is 3. The quantitative estimate of drug-likeness (QED) is 0.619. The van der Waals surface area contributed by atoms with E-state index in [1.54, 1.807) is 43.4 Å². The molecule has 0 saturated carbocycles. The number of hydrogen-bond acceptors (Lipinski definition) is 6. The maximum atomic E-state index is 12.6. The Bertz CT molecular complexity index is 927. The molecule has 3 rings (SSSR count). The van der Waals surface area contributed by atoms with Gasteiger partial charge in [0.05, 0.1) is 32.5 Å². The van der Waals surface area contributed by atoms with E-state index in [0.29, 0.717) is 34.9 Å². The van der Waals surface area contributed by atoms with Crippen molar-refractivity contribution in [2.75, 3.05) is 34.9 Å². The first kappa shape index (κ1) is 21.2. The lowest BCUT2D eigenvalue weighted by Gasteiger charge is -2.21. The van der Waals surface area contributed by atoms with E-state index >= 15 is 0 Å². The molecule has 30 heavy (non-hydrogen) atoms. The van der Waals surface area contributed by atoms with Gasteiger partial charge in [-0.15, -0.1) is 0 Å². The molecule has 0 aromatic heterocycles. The van der Waals surface area contributed by atoms with Crippen LogP contribution >= 0.6 is 0 Å². The fourth-order valence-corrected chi connectivity index (χ4v) is 3.43. The third-order valence-electron chi connectivity index (χ3n) is 5.00. The van der Waals surface area contributed by atoms with Crippen molar-refractivity contribution >= 4 is 17.7 Å². The van der Waals surface area contributed by atoms with Gasteiger partial charge in [-0.1, -0.05) is 12.1 Å². The number of methoxy groups -OCH3 is 3. The molecular weight excluding hydrogens is 388 g/mol. The Labute approximate surface area is 174 Å². The summed E-state index contributed by atoms with van der Waals surface area (Å²) in [5.41, 5.74) is 1.54. The molecule has 0 unspecified atom stereocenters. The number of rotatable bonds is 8. The summed E-state index contributed by atoms with van der Waals surface area (Å²) in [5.74, 6) is 0.549. The van der Waals surface area contributed by atoms with Crippen LogP contribution in [0.25, 0.3) is 0 Å². The topological polar surface area (TPSA) is 85.4 Å². The molecular formula is C22H24N2O6. The summed E-state index contributed by atoms with van der Waals surface area (Å²) in [4.78, 5) is 40.1. The molecule has 0 N–H and O–H groups in total. The molecule has 1 heterocycles. The van der Waals surface area contributed by atoms with Gasteiger partial charge in [0, 0.05) is 26.6 Å². The van der Waals surface area contributed by atoms with Crippen LogP contribution in [0.15, 0.2) is 36.4 Å². The van der Waals surface area contributed by atoms with Crippen molar-refractivity contribution in [2.45, 2.75) is 13.0 Å². The maximum Gasteiger partial charge on any atom is 0.261 e. The average molecular weight is 412 g/mol. The number of fused-ring (bicyclic) bond motifs is 1.